The molecule has 0 fully saturated rings. The van der Waals surface area contributed by atoms with Crippen LogP contribution in [0, 0.1) is 19.7 Å². The maximum atomic E-state index is 13.3. The third-order valence-corrected chi connectivity index (χ3v) is 2.81. The summed E-state index contributed by atoms with van der Waals surface area (Å²) in [6, 6.07) is 5.04. The fourth-order valence-corrected chi connectivity index (χ4v) is 1.95. The van der Waals surface area contributed by atoms with Crippen LogP contribution in [0.2, 0.25) is 0 Å². The number of rotatable bonds is 3. The minimum absolute atomic E-state index is 0.203. The molecule has 0 unspecified atom stereocenters. The van der Waals surface area contributed by atoms with Crippen LogP contribution >= 0.6 is 0 Å². The highest BCUT2D eigenvalue weighted by Gasteiger charge is 2.06. The van der Waals surface area contributed by atoms with Crippen molar-refractivity contribution in [3.63, 3.8) is 0 Å². The summed E-state index contributed by atoms with van der Waals surface area (Å²) in [7, 11) is 0. The first-order chi connectivity index (χ1) is 8.11. The summed E-state index contributed by atoms with van der Waals surface area (Å²) in [4.78, 5) is 4.58. The molecule has 3 heteroatoms. The van der Waals surface area contributed by atoms with Gasteiger partial charge in [-0.25, -0.2) is 9.37 Å². The highest BCUT2D eigenvalue weighted by atomic mass is 19.1. The lowest BCUT2D eigenvalue weighted by Gasteiger charge is -2.10. The molecular weight excluding hydrogens is 215 g/mol. The molecule has 1 aromatic carbocycles. The quantitative estimate of drug-likeness (QED) is 0.870. The van der Waals surface area contributed by atoms with Crippen molar-refractivity contribution in [1.29, 1.82) is 0 Å². The molecule has 2 rings (SSSR count). The molecule has 17 heavy (non-hydrogen) atoms. The van der Waals surface area contributed by atoms with Crippen LogP contribution in [0.5, 0.6) is 0 Å². The van der Waals surface area contributed by atoms with E-state index in [1.807, 2.05) is 19.9 Å². The van der Waals surface area contributed by atoms with E-state index in [-0.39, 0.29) is 5.82 Å². The Hall–Kier alpha value is -1.64. The summed E-state index contributed by atoms with van der Waals surface area (Å²) in [5.41, 5.74) is 2.80. The van der Waals surface area contributed by atoms with E-state index < -0.39 is 0 Å². The van der Waals surface area contributed by atoms with Crippen molar-refractivity contribution in [3.8, 4) is 0 Å². The standard InChI is InChI=1S/C14H17FN2/c1-4-5-16-14-10(3)6-11-8-12(15)7-9(2)13(11)17-14/h6-8H,4-5H2,1-3H3,(H,16,17). The van der Waals surface area contributed by atoms with Crippen molar-refractivity contribution in [2.45, 2.75) is 27.2 Å². The van der Waals surface area contributed by atoms with E-state index in [1.54, 1.807) is 0 Å². The van der Waals surface area contributed by atoms with Gasteiger partial charge in [-0.05, 0) is 49.6 Å². The number of nitrogens with zero attached hydrogens (tertiary/aromatic N) is 1. The molecule has 0 amide bonds. The van der Waals surface area contributed by atoms with E-state index in [0.717, 1.165) is 40.8 Å². The number of anilines is 1. The SMILES string of the molecule is CCCNc1nc2c(C)cc(F)cc2cc1C. The fourth-order valence-electron chi connectivity index (χ4n) is 1.95. The lowest BCUT2D eigenvalue weighted by molar-refractivity contribution is 0.628. The maximum Gasteiger partial charge on any atom is 0.129 e. The van der Waals surface area contributed by atoms with Gasteiger partial charge >= 0.3 is 0 Å². The first-order valence-electron chi connectivity index (χ1n) is 5.93. The summed E-state index contributed by atoms with van der Waals surface area (Å²) in [5, 5.41) is 4.15. The summed E-state index contributed by atoms with van der Waals surface area (Å²) >= 11 is 0. The molecule has 2 nitrogen and oxygen atoms in total. The first-order valence-corrected chi connectivity index (χ1v) is 5.93. The van der Waals surface area contributed by atoms with Gasteiger partial charge in [0, 0.05) is 11.9 Å². The Morgan fingerprint density at radius 1 is 1.18 bits per heavy atom. The van der Waals surface area contributed by atoms with Crippen molar-refractivity contribution < 1.29 is 4.39 Å². The van der Waals surface area contributed by atoms with Crippen LogP contribution in [0.3, 0.4) is 0 Å². The highest BCUT2D eigenvalue weighted by Crippen LogP contribution is 2.23. The molecule has 0 aliphatic carbocycles. The van der Waals surface area contributed by atoms with Crippen molar-refractivity contribution in [3.05, 3.63) is 35.1 Å². The average molecular weight is 232 g/mol. The lowest BCUT2D eigenvalue weighted by atomic mass is 10.1. The van der Waals surface area contributed by atoms with Crippen molar-refractivity contribution in [2.75, 3.05) is 11.9 Å². The number of aromatic nitrogens is 1. The maximum absolute atomic E-state index is 13.3. The highest BCUT2D eigenvalue weighted by molar-refractivity contribution is 5.84. The molecule has 0 aliphatic heterocycles. The first kappa shape index (κ1) is 11.8. The van der Waals surface area contributed by atoms with E-state index >= 15 is 0 Å². The molecule has 1 aromatic heterocycles. The summed E-state index contributed by atoms with van der Waals surface area (Å²) in [5.74, 6) is 0.694. The van der Waals surface area contributed by atoms with E-state index in [1.165, 1.54) is 12.1 Å². The number of hydrogen-bond acceptors (Lipinski definition) is 2. The van der Waals surface area contributed by atoms with Gasteiger partial charge in [0.2, 0.25) is 0 Å². The van der Waals surface area contributed by atoms with E-state index in [2.05, 4.69) is 17.2 Å². The molecule has 0 aliphatic rings. The Balaban J connectivity index is 2.55. The topological polar surface area (TPSA) is 24.9 Å². The number of pyridine rings is 1. The van der Waals surface area contributed by atoms with Gasteiger partial charge in [-0.1, -0.05) is 6.92 Å². The number of nitrogens with one attached hydrogen (secondary N) is 1. The number of halogens is 1. The van der Waals surface area contributed by atoms with Crippen LogP contribution < -0.4 is 5.32 Å². The zero-order chi connectivity index (χ0) is 12.4. The molecule has 2 aromatic rings. The minimum atomic E-state index is -0.203. The largest absolute Gasteiger partial charge is 0.370 e. The summed E-state index contributed by atoms with van der Waals surface area (Å²) in [6.07, 6.45) is 1.06. The van der Waals surface area contributed by atoms with Gasteiger partial charge in [-0.15, -0.1) is 0 Å². The average Bonchev–Trinajstić information content (AvgIpc) is 2.26. The second-order valence-electron chi connectivity index (χ2n) is 4.38. The molecule has 0 saturated heterocycles. The third kappa shape index (κ3) is 2.38. The van der Waals surface area contributed by atoms with Crippen molar-refractivity contribution in [1.82, 2.24) is 4.98 Å². The monoisotopic (exact) mass is 232 g/mol. The van der Waals surface area contributed by atoms with Gasteiger partial charge in [0.1, 0.15) is 11.6 Å². The Morgan fingerprint density at radius 3 is 2.65 bits per heavy atom. The second kappa shape index (κ2) is 4.70. The van der Waals surface area contributed by atoms with Gasteiger partial charge < -0.3 is 5.32 Å². The zero-order valence-corrected chi connectivity index (χ0v) is 10.5. The number of aryl methyl sites for hydroxylation is 2. The summed E-state index contributed by atoms with van der Waals surface area (Å²) in [6.45, 7) is 6.89. The van der Waals surface area contributed by atoms with Gasteiger partial charge in [-0.2, -0.15) is 0 Å². The van der Waals surface area contributed by atoms with Crippen molar-refractivity contribution in [2.24, 2.45) is 0 Å². The molecule has 90 valence electrons. The molecule has 1 N–H and O–H groups in total. The van der Waals surface area contributed by atoms with Gasteiger partial charge in [-0.3, -0.25) is 0 Å². The van der Waals surface area contributed by atoms with Gasteiger partial charge in [0.05, 0.1) is 5.52 Å². The number of fused-ring (bicyclic) bond motifs is 1. The molecule has 0 radical (unpaired) electrons. The van der Waals surface area contributed by atoms with Crippen LogP contribution in [0.1, 0.15) is 24.5 Å². The third-order valence-electron chi connectivity index (χ3n) is 2.81. The van der Waals surface area contributed by atoms with E-state index in [0.29, 0.717) is 0 Å². The molecule has 0 spiro atoms. The second-order valence-corrected chi connectivity index (χ2v) is 4.38. The predicted molar refractivity (Wildman–Crippen MR) is 70.0 cm³/mol. The van der Waals surface area contributed by atoms with Crippen LogP contribution in [-0.4, -0.2) is 11.5 Å². The smallest absolute Gasteiger partial charge is 0.129 e. The van der Waals surface area contributed by atoms with Crippen LogP contribution in [0.15, 0.2) is 18.2 Å². The van der Waals surface area contributed by atoms with E-state index in [9.17, 15) is 4.39 Å². The Bertz CT molecular complexity index is 549. The Labute approximate surface area is 101 Å². The predicted octanol–water partition coefficient (Wildman–Crippen LogP) is 3.81. The van der Waals surface area contributed by atoms with Crippen molar-refractivity contribution >= 4 is 16.7 Å². The van der Waals surface area contributed by atoms with Gasteiger partial charge in [0.15, 0.2) is 0 Å². The van der Waals surface area contributed by atoms with Gasteiger partial charge in [0.25, 0.3) is 0 Å². The number of benzene rings is 1. The zero-order valence-electron chi connectivity index (χ0n) is 10.5. The molecular formula is C14H17FN2. The summed E-state index contributed by atoms with van der Waals surface area (Å²) < 4.78 is 13.3. The normalized spacial score (nSPS) is 10.8. The van der Waals surface area contributed by atoms with Crippen LogP contribution in [0.25, 0.3) is 10.9 Å². The fraction of sp³-hybridized carbons (Fsp3) is 0.357. The van der Waals surface area contributed by atoms with E-state index in [4.69, 9.17) is 0 Å². The number of hydrogen-bond donors (Lipinski definition) is 1. The Kier molecular flexibility index (Phi) is 3.27. The molecule has 0 atom stereocenters. The minimum Gasteiger partial charge on any atom is -0.370 e. The van der Waals surface area contributed by atoms with Crippen LogP contribution in [0.4, 0.5) is 10.2 Å². The molecule has 0 saturated carbocycles. The molecule has 1 heterocycles. The molecule has 0 bridgehead atoms. The van der Waals surface area contributed by atoms with Crippen LogP contribution in [-0.2, 0) is 0 Å². The Morgan fingerprint density at radius 2 is 1.94 bits per heavy atom. The lowest BCUT2D eigenvalue weighted by Crippen LogP contribution is -2.04.